The molecule has 0 atom stereocenters. The SMILES string of the molecule is CCNc1cncc(NCc2cc(C)no2)c1. The topological polar surface area (TPSA) is 63.0 Å². The Labute approximate surface area is 100 Å². The molecule has 90 valence electrons. The second-order valence-corrected chi connectivity index (χ2v) is 3.78. The molecule has 0 spiro atoms. The lowest BCUT2D eigenvalue weighted by atomic mass is 10.3. The van der Waals surface area contributed by atoms with E-state index in [0.29, 0.717) is 6.54 Å². The van der Waals surface area contributed by atoms with E-state index >= 15 is 0 Å². The van der Waals surface area contributed by atoms with Crippen LogP contribution in [-0.2, 0) is 6.54 Å². The van der Waals surface area contributed by atoms with Crippen LogP contribution in [0.25, 0.3) is 0 Å². The second kappa shape index (κ2) is 5.34. The van der Waals surface area contributed by atoms with Crippen LogP contribution in [0.5, 0.6) is 0 Å². The Balaban J connectivity index is 1.96. The largest absolute Gasteiger partial charge is 0.384 e. The van der Waals surface area contributed by atoms with Gasteiger partial charge in [0, 0.05) is 12.6 Å². The van der Waals surface area contributed by atoms with Crippen molar-refractivity contribution in [2.75, 3.05) is 17.2 Å². The molecule has 0 saturated carbocycles. The maximum Gasteiger partial charge on any atom is 0.156 e. The van der Waals surface area contributed by atoms with Gasteiger partial charge < -0.3 is 15.2 Å². The van der Waals surface area contributed by atoms with Crippen molar-refractivity contribution >= 4 is 11.4 Å². The molecule has 0 aliphatic carbocycles. The highest BCUT2D eigenvalue weighted by molar-refractivity contribution is 5.53. The van der Waals surface area contributed by atoms with Gasteiger partial charge in [0.1, 0.15) is 0 Å². The van der Waals surface area contributed by atoms with Gasteiger partial charge in [0.15, 0.2) is 5.76 Å². The van der Waals surface area contributed by atoms with Crippen LogP contribution in [0.1, 0.15) is 18.4 Å². The summed E-state index contributed by atoms with van der Waals surface area (Å²) in [5.74, 6) is 0.816. The predicted octanol–water partition coefficient (Wildman–Crippen LogP) is 2.42. The standard InChI is InChI=1S/C12H16N4O/c1-3-14-10-5-11(7-13-6-10)15-8-12-4-9(2)16-17-12/h4-7,14-15H,3,8H2,1-2H3. The van der Waals surface area contributed by atoms with E-state index in [0.717, 1.165) is 29.4 Å². The molecular weight excluding hydrogens is 216 g/mol. The van der Waals surface area contributed by atoms with Crippen LogP contribution in [0.15, 0.2) is 29.0 Å². The van der Waals surface area contributed by atoms with E-state index in [9.17, 15) is 0 Å². The molecule has 2 aromatic rings. The molecule has 0 unspecified atom stereocenters. The Morgan fingerprint density at radius 1 is 1.18 bits per heavy atom. The summed E-state index contributed by atoms with van der Waals surface area (Å²) in [6.07, 6.45) is 3.58. The molecule has 0 bridgehead atoms. The van der Waals surface area contributed by atoms with Crippen LogP contribution in [-0.4, -0.2) is 16.7 Å². The number of aromatic nitrogens is 2. The van der Waals surface area contributed by atoms with E-state index in [1.54, 1.807) is 12.4 Å². The van der Waals surface area contributed by atoms with Crippen LogP contribution in [0.3, 0.4) is 0 Å². The maximum atomic E-state index is 5.12. The molecule has 17 heavy (non-hydrogen) atoms. The summed E-state index contributed by atoms with van der Waals surface area (Å²) >= 11 is 0. The fourth-order valence-electron chi connectivity index (χ4n) is 1.53. The first-order valence-electron chi connectivity index (χ1n) is 5.63. The molecule has 0 radical (unpaired) electrons. The van der Waals surface area contributed by atoms with Crippen molar-refractivity contribution in [3.63, 3.8) is 0 Å². The number of nitrogens with one attached hydrogen (secondary N) is 2. The van der Waals surface area contributed by atoms with Gasteiger partial charge in [0.25, 0.3) is 0 Å². The van der Waals surface area contributed by atoms with Crippen molar-refractivity contribution in [1.29, 1.82) is 0 Å². The zero-order valence-corrected chi connectivity index (χ0v) is 10.0. The third-order valence-electron chi connectivity index (χ3n) is 2.26. The predicted molar refractivity (Wildman–Crippen MR) is 67.0 cm³/mol. The molecule has 2 N–H and O–H groups in total. The minimum atomic E-state index is 0.609. The molecule has 2 rings (SSSR count). The van der Waals surface area contributed by atoms with Gasteiger partial charge in [-0.25, -0.2) is 0 Å². The van der Waals surface area contributed by atoms with Crippen LogP contribution in [0, 0.1) is 6.92 Å². The van der Waals surface area contributed by atoms with Crippen molar-refractivity contribution in [2.24, 2.45) is 0 Å². The highest BCUT2D eigenvalue weighted by atomic mass is 16.5. The van der Waals surface area contributed by atoms with Crippen molar-refractivity contribution < 1.29 is 4.52 Å². The lowest BCUT2D eigenvalue weighted by molar-refractivity contribution is 0.384. The molecule has 0 amide bonds. The lowest BCUT2D eigenvalue weighted by Gasteiger charge is -2.06. The molecule has 0 aliphatic heterocycles. The van der Waals surface area contributed by atoms with Crippen molar-refractivity contribution in [3.8, 4) is 0 Å². The number of anilines is 2. The number of nitrogens with zero attached hydrogens (tertiary/aromatic N) is 2. The van der Waals surface area contributed by atoms with Crippen molar-refractivity contribution in [1.82, 2.24) is 10.1 Å². The molecule has 5 nitrogen and oxygen atoms in total. The summed E-state index contributed by atoms with van der Waals surface area (Å²) < 4.78 is 5.12. The smallest absolute Gasteiger partial charge is 0.156 e. The summed E-state index contributed by atoms with van der Waals surface area (Å²) in [4.78, 5) is 4.15. The quantitative estimate of drug-likeness (QED) is 0.829. The Bertz CT molecular complexity index is 481. The Hall–Kier alpha value is -2.04. The average Bonchev–Trinajstić information content (AvgIpc) is 2.74. The highest BCUT2D eigenvalue weighted by Gasteiger charge is 2.01. The van der Waals surface area contributed by atoms with Crippen LogP contribution >= 0.6 is 0 Å². The average molecular weight is 232 g/mol. The van der Waals surface area contributed by atoms with Gasteiger partial charge in [0.05, 0.1) is 36.0 Å². The first-order valence-corrected chi connectivity index (χ1v) is 5.63. The van der Waals surface area contributed by atoms with E-state index in [4.69, 9.17) is 4.52 Å². The Kier molecular flexibility index (Phi) is 3.59. The molecule has 0 saturated heterocycles. The number of hydrogen-bond acceptors (Lipinski definition) is 5. The number of hydrogen-bond donors (Lipinski definition) is 2. The fraction of sp³-hybridized carbons (Fsp3) is 0.333. The minimum absolute atomic E-state index is 0.609. The summed E-state index contributed by atoms with van der Waals surface area (Å²) in [5, 5.41) is 10.3. The summed E-state index contributed by atoms with van der Waals surface area (Å²) in [7, 11) is 0. The van der Waals surface area contributed by atoms with E-state index < -0.39 is 0 Å². The number of aryl methyl sites for hydroxylation is 1. The normalized spacial score (nSPS) is 10.2. The third kappa shape index (κ3) is 3.21. The molecule has 2 heterocycles. The maximum absolute atomic E-state index is 5.12. The fourth-order valence-corrected chi connectivity index (χ4v) is 1.53. The van der Waals surface area contributed by atoms with E-state index in [1.807, 2.05) is 19.1 Å². The molecule has 2 aromatic heterocycles. The van der Waals surface area contributed by atoms with Gasteiger partial charge in [-0.2, -0.15) is 0 Å². The van der Waals surface area contributed by atoms with Gasteiger partial charge in [-0.05, 0) is 19.9 Å². The van der Waals surface area contributed by atoms with E-state index in [-0.39, 0.29) is 0 Å². The van der Waals surface area contributed by atoms with Crippen molar-refractivity contribution in [3.05, 3.63) is 36.0 Å². The third-order valence-corrected chi connectivity index (χ3v) is 2.26. The summed E-state index contributed by atoms with van der Waals surface area (Å²) in [6, 6.07) is 3.92. The van der Waals surface area contributed by atoms with E-state index in [2.05, 4.69) is 27.7 Å². The van der Waals surface area contributed by atoms with Gasteiger partial charge >= 0.3 is 0 Å². The molecule has 0 aliphatic rings. The van der Waals surface area contributed by atoms with Gasteiger partial charge in [-0.3, -0.25) is 4.98 Å². The zero-order chi connectivity index (χ0) is 12.1. The highest BCUT2D eigenvalue weighted by Crippen LogP contribution is 2.14. The monoisotopic (exact) mass is 232 g/mol. The van der Waals surface area contributed by atoms with Crippen LogP contribution < -0.4 is 10.6 Å². The molecule has 0 fully saturated rings. The summed E-state index contributed by atoms with van der Waals surface area (Å²) in [5.41, 5.74) is 2.85. The van der Waals surface area contributed by atoms with Gasteiger partial charge in [-0.15, -0.1) is 0 Å². The zero-order valence-electron chi connectivity index (χ0n) is 10.0. The number of pyridine rings is 1. The molecule has 5 heteroatoms. The van der Waals surface area contributed by atoms with Crippen LogP contribution in [0.4, 0.5) is 11.4 Å². The second-order valence-electron chi connectivity index (χ2n) is 3.78. The molecule has 0 aromatic carbocycles. The van der Waals surface area contributed by atoms with Gasteiger partial charge in [0.2, 0.25) is 0 Å². The summed E-state index contributed by atoms with van der Waals surface area (Å²) in [6.45, 7) is 5.45. The van der Waals surface area contributed by atoms with Crippen molar-refractivity contribution in [2.45, 2.75) is 20.4 Å². The Morgan fingerprint density at radius 2 is 1.94 bits per heavy atom. The van der Waals surface area contributed by atoms with Crippen LogP contribution in [0.2, 0.25) is 0 Å². The van der Waals surface area contributed by atoms with E-state index in [1.165, 1.54) is 0 Å². The first-order chi connectivity index (χ1) is 8.28. The Morgan fingerprint density at radius 3 is 2.59 bits per heavy atom. The minimum Gasteiger partial charge on any atom is -0.384 e. The number of rotatable bonds is 5. The lowest BCUT2D eigenvalue weighted by Crippen LogP contribution is -2.01. The first kappa shape index (κ1) is 11.4. The molecular formula is C12H16N4O. The van der Waals surface area contributed by atoms with Gasteiger partial charge in [-0.1, -0.05) is 5.16 Å².